The molecule has 104 valence electrons. The summed E-state index contributed by atoms with van der Waals surface area (Å²) < 4.78 is 5.60. The van der Waals surface area contributed by atoms with Gasteiger partial charge in [0.1, 0.15) is 5.75 Å². The topological polar surface area (TPSA) is 64.4 Å². The molecule has 0 saturated heterocycles. The summed E-state index contributed by atoms with van der Waals surface area (Å²) in [6.45, 7) is 8.38. The molecule has 19 heavy (non-hydrogen) atoms. The van der Waals surface area contributed by atoms with E-state index in [1.54, 1.807) is 18.2 Å². The number of rotatable bonds is 7. The molecular formula is C15H22N2O2. The third-order valence-corrected chi connectivity index (χ3v) is 2.44. The second kappa shape index (κ2) is 7.59. The number of anilines is 1. The minimum Gasteiger partial charge on any atom is -0.493 e. The molecule has 3 N–H and O–H groups in total. The van der Waals surface area contributed by atoms with Gasteiger partial charge in [0.05, 0.1) is 12.6 Å². The second-order valence-corrected chi connectivity index (χ2v) is 4.85. The number of amides is 1. The summed E-state index contributed by atoms with van der Waals surface area (Å²) in [5.74, 6) is 0.976. The Morgan fingerprint density at radius 1 is 1.53 bits per heavy atom. The van der Waals surface area contributed by atoms with Crippen molar-refractivity contribution in [3.63, 3.8) is 0 Å². The summed E-state index contributed by atoms with van der Waals surface area (Å²) in [6, 6.07) is 6.73. The molecule has 0 heterocycles. The van der Waals surface area contributed by atoms with Gasteiger partial charge in [0, 0.05) is 11.8 Å². The van der Waals surface area contributed by atoms with Gasteiger partial charge in [0.25, 0.3) is 0 Å². The number of hydrogen-bond acceptors (Lipinski definition) is 3. The van der Waals surface area contributed by atoms with Gasteiger partial charge in [-0.1, -0.05) is 26.0 Å². The zero-order valence-electron chi connectivity index (χ0n) is 11.6. The Balaban J connectivity index is 2.61. The molecular weight excluding hydrogens is 240 g/mol. The van der Waals surface area contributed by atoms with Crippen molar-refractivity contribution in [3.05, 3.63) is 36.9 Å². The minimum atomic E-state index is -0.572. The number of hydrogen-bond donors (Lipinski definition) is 2. The normalized spacial score (nSPS) is 12.0. The summed E-state index contributed by atoms with van der Waals surface area (Å²) in [6.07, 6.45) is 2.09. The quantitative estimate of drug-likeness (QED) is 0.742. The number of carbonyl (C=O) groups is 1. The van der Waals surface area contributed by atoms with Crippen molar-refractivity contribution in [1.29, 1.82) is 0 Å². The standard InChI is InChI=1S/C15H22N2O2/c1-4-6-14(16)15(18)17-12-7-5-8-13(9-12)19-10-11(2)3/h4-5,7-9,11,14H,1,6,10,16H2,2-3H3,(H,17,18). The van der Waals surface area contributed by atoms with Gasteiger partial charge in [-0.2, -0.15) is 0 Å². The van der Waals surface area contributed by atoms with Crippen molar-refractivity contribution in [2.24, 2.45) is 11.7 Å². The van der Waals surface area contributed by atoms with Gasteiger partial charge in [-0.15, -0.1) is 6.58 Å². The third kappa shape index (κ3) is 5.57. The largest absolute Gasteiger partial charge is 0.493 e. The maximum atomic E-state index is 11.8. The Labute approximate surface area is 114 Å². The number of benzene rings is 1. The lowest BCUT2D eigenvalue weighted by atomic mass is 10.2. The van der Waals surface area contributed by atoms with E-state index in [0.717, 1.165) is 5.75 Å². The molecule has 1 amide bonds. The molecule has 0 fully saturated rings. The lowest BCUT2D eigenvalue weighted by Gasteiger charge is -2.12. The zero-order valence-corrected chi connectivity index (χ0v) is 11.6. The molecule has 4 heteroatoms. The van der Waals surface area contributed by atoms with Crippen LogP contribution in [0.2, 0.25) is 0 Å². The molecule has 0 aromatic heterocycles. The molecule has 1 unspecified atom stereocenters. The summed E-state index contributed by atoms with van der Waals surface area (Å²) >= 11 is 0. The molecule has 0 spiro atoms. The maximum absolute atomic E-state index is 11.8. The van der Waals surface area contributed by atoms with Crippen LogP contribution in [0, 0.1) is 5.92 Å². The van der Waals surface area contributed by atoms with Crippen LogP contribution in [0.4, 0.5) is 5.69 Å². The van der Waals surface area contributed by atoms with E-state index in [-0.39, 0.29) is 5.91 Å². The van der Waals surface area contributed by atoms with Crippen molar-refractivity contribution >= 4 is 11.6 Å². The molecule has 0 aliphatic carbocycles. The molecule has 0 radical (unpaired) electrons. The van der Waals surface area contributed by atoms with Gasteiger partial charge < -0.3 is 15.8 Å². The zero-order chi connectivity index (χ0) is 14.3. The molecule has 1 aromatic rings. The summed E-state index contributed by atoms with van der Waals surface area (Å²) in [5, 5.41) is 2.76. The molecule has 0 bridgehead atoms. The smallest absolute Gasteiger partial charge is 0.241 e. The first-order chi connectivity index (χ1) is 9.02. The first-order valence-electron chi connectivity index (χ1n) is 6.43. The second-order valence-electron chi connectivity index (χ2n) is 4.85. The monoisotopic (exact) mass is 262 g/mol. The highest BCUT2D eigenvalue weighted by molar-refractivity contribution is 5.94. The highest BCUT2D eigenvalue weighted by Crippen LogP contribution is 2.18. The van der Waals surface area contributed by atoms with E-state index in [0.29, 0.717) is 24.6 Å². The van der Waals surface area contributed by atoms with Gasteiger partial charge in [0.15, 0.2) is 0 Å². The fourth-order valence-electron chi connectivity index (χ4n) is 1.45. The molecule has 1 aromatic carbocycles. The third-order valence-electron chi connectivity index (χ3n) is 2.44. The van der Waals surface area contributed by atoms with Crippen LogP contribution in [0.3, 0.4) is 0 Å². The van der Waals surface area contributed by atoms with Gasteiger partial charge in [-0.05, 0) is 24.5 Å². The highest BCUT2D eigenvalue weighted by atomic mass is 16.5. The fraction of sp³-hybridized carbons (Fsp3) is 0.400. The first kappa shape index (κ1) is 15.2. The Kier molecular flexibility index (Phi) is 6.09. The average molecular weight is 262 g/mol. The SMILES string of the molecule is C=CCC(N)C(=O)Nc1cccc(OCC(C)C)c1. The minimum absolute atomic E-state index is 0.221. The van der Waals surface area contributed by atoms with Crippen LogP contribution in [-0.2, 0) is 4.79 Å². The number of ether oxygens (including phenoxy) is 1. The van der Waals surface area contributed by atoms with E-state index in [4.69, 9.17) is 10.5 Å². The van der Waals surface area contributed by atoms with Gasteiger partial charge in [-0.25, -0.2) is 0 Å². The summed E-state index contributed by atoms with van der Waals surface area (Å²) in [7, 11) is 0. The van der Waals surface area contributed by atoms with Gasteiger partial charge in [-0.3, -0.25) is 4.79 Å². The Hall–Kier alpha value is -1.81. The number of carbonyl (C=O) groups excluding carboxylic acids is 1. The Morgan fingerprint density at radius 2 is 2.26 bits per heavy atom. The van der Waals surface area contributed by atoms with Crippen LogP contribution in [-0.4, -0.2) is 18.6 Å². The van der Waals surface area contributed by atoms with Crippen molar-refractivity contribution in [3.8, 4) is 5.75 Å². The Bertz CT molecular complexity index is 430. The van der Waals surface area contributed by atoms with E-state index >= 15 is 0 Å². The molecule has 0 aliphatic rings. The van der Waals surface area contributed by atoms with Crippen molar-refractivity contribution < 1.29 is 9.53 Å². The van der Waals surface area contributed by atoms with Crippen molar-refractivity contribution in [2.45, 2.75) is 26.3 Å². The molecule has 1 rings (SSSR count). The van der Waals surface area contributed by atoms with E-state index in [2.05, 4.69) is 25.7 Å². The highest BCUT2D eigenvalue weighted by Gasteiger charge is 2.11. The predicted molar refractivity (Wildman–Crippen MR) is 78.2 cm³/mol. The van der Waals surface area contributed by atoms with Crippen LogP contribution in [0.5, 0.6) is 5.75 Å². The van der Waals surface area contributed by atoms with Crippen LogP contribution < -0.4 is 15.8 Å². The summed E-state index contributed by atoms with van der Waals surface area (Å²) in [5.41, 5.74) is 6.38. The Morgan fingerprint density at radius 3 is 2.89 bits per heavy atom. The lowest BCUT2D eigenvalue weighted by Crippen LogP contribution is -2.35. The van der Waals surface area contributed by atoms with Crippen molar-refractivity contribution in [1.82, 2.24) is 0 Å². The molecule has 0 saturated carbocycles. The van der Waals surface area contributed by atoms with Crippen LogP contribution >= 0.6 is 0 Å². The van der Waals surface area contributed by atoms with Crippen LogP contribution in [0.15, 0.2) is 36.9 Å². The van der Waals surface area contributed by atoms with Gasteiger partial charge in [0.2, 0.25) is 5.91 Å². The van der Waals surface area contributed by atoms with Gasteiger partial charge >= 0.3 is 0 Å². The first-order valence-corrected chi connectivity index (χ1v) is 6.43. The molecule has 0 aliphatic heterocycles. The number of nitrogens with one attached hydrogen (secondary N) is 1. The lowest BCUT2D eigenvalue weighted by molar-refractivity contribution is -0.117. The number of nitrogens with two attached hydrogens (primary N) is 1. The van der Waals surface area contributed by atoms with E-state index in [1.807, 2.05) is 12.1 Å². The summed E-state index contributed by atoms with van der Waals surface area (Å²) in [4.78, 5) is 11.8. The van der Waals surface area contributed by atoms with Crippen LogP contribution in [0.25, 0.3) is 0 Å². The molecule has 1 atom stereocenters. The van der Waals surface area contributed by atoms with E-state index < -0.39 is 6.04 Å². The van der Waals surface area contributed by atoms with Crippen molar-refractivity contribution in [2.75, 3.05) is 11.9 Å². The van der Waals surface area contributed by atoms with E-state index in [9.17, 15) is 4.79 Å². The van der Waals surface area contributed by atoms with E-state index in [1.165, 1.54) is 0 Å². The predicted octanol–water partition coefficient (Wildman–Crippen LogP) is 2.56. The maximum Gasteiger partial charge on any atom is 0.241 e. The molecule has 4 nitrogen and oxygen atoms in total. The fourth-order valence-corrected chi connectivity index (χ4v) is 1.45. The van der Waals surface area contributed by atoms with Crippen LogP contribution in [0.1, 0.15) is 20.3 Å². The average Bonchev–Trinajstić information content (AvgIpc) is 2.37.